The van der Waals surface area contributed by atoms with Crippen LogP contribution in [0.5, 0.6) is 5.75 Å². The molecule has 1 fully saturated rings. The van der Waals surface area contributed by atoms with E-state index in [2.05, 4.69) is 4.98 Å². The van der Waals surface area contributed by atoms with Crippen molar-refractivity contribution in [1.82, 2.24) is 4.98 Å². The molecule has 0 aliphatic carbocycles. The van der Waals surface area contributed by atoms with Crippen molar-refractivity contribution in [2.75, 3.05) is 12.0 Å². The topological polar surface area (TPSA) is 79.7 Å². The van der Waals surface area contributed by atoms with Crippen molar-refractivity contribution in [3.63, 3.8) is 0 Å². The molecule has 1 amide bonds. The van der Waals surface area contributed by atoms with Gasteiger partial charge >= 0.3 is 5.91 Å². The fourth-order valence-corrected chi connectivity index (χ4v) is 5.49. The molecule has 1 N–H and O–H groups in total. The van der Waals surface area contributed by atoms with E-state index < -0.39 is 35.1 Å². The Labute approximate surface area is 213 Å². The van der Waals surface area contributed by atoms with Gasteiger partial charge in [0.1, 0.15) is 22.8 Å². The fourth-order valence-electron chi connectivity index (χ4n) is 4.20. The van der Waals surface area contributed by atoms with E-state index in [1.54, 1.807) is 18.2 Å². The smallest absolute Gasteiger partial charge is 0.301 e. The van der Waals surface area contributed by atoms with Crippen molar-refractivity contribution < 1.29 is 28.2 Å². The first kappa shape index (κ1) is 23.9. The Hall–Kier alpha value is -3.82. The van der Waals surface area contributed by atoms with Gasteiger partial charge in [0.05, 0.1) is 28.4 Å². The summed E-state index contributed by atoms with van der Waals surface area (Å²) in [5.41, 5.74) is 1.28. The molecule has 0 radical (unpaired) electrons. The number of carbonyl (C=O) groups excluding carboxylic acids is 2. The zero-order valence-corrected chi connectivity index (χ0v) is 20.5. The molecular formula is C26H17ClF2N2O4S. The van der Waals surface area contributed by atoms with Gasteiger partial charge in [0.2, 0.25) is 0 Å². The van der Waals surface area contributed by atoms with Gasteiger partial charge in [0.25, 0.3) is 5.78 Å². The van der Waals surface area contributed by atoms with Gasteiger partial charge in [-0.05, 0) is 36.8 Å². The number of aliphatic hydroxyl groups is 1. The molecule has 6 nitrogen and oxygen atoms in total. The van der Waals surface area contributed by atoms with Crippen LogP contribution in [0.4, 0.5) is 13.9 Å². The molecular weight excluding hydrogens is 510 g/mol. The van der Waals surface area contributed by atoms with Crippen LogP contribution in [0.25, 0.3) is 16.0 Å². The first-order valence-corrected chi connectivity index (χ1v) is 11.9. The van der Waals surface area contributed by atoms with Crippen LogP contribution in [0.3, 0.4) is 0 Å². The van der Waals surface area contributed by atoms with Crippen LogP contribution in [-0.2, 0) is 9.59 Å². The molecule has 1 aliphatic rings. The van der Waals surface area contributed by atoms with Gasteiger partial charge in [-0.1, -0.05) is 52.8 Å². The molecule has 0 saturated carbocycles. The zero-order chi connectivity index (χ0) is 25.7. The van der Waals surface area contributed by atoms with Crippen LogP contribution in [0.15, 0.2) is 60.2 Å². The number of hydrogen-bond acceptors (Lipinski definition) is 6. The van der Waals surface area contributed by atoms with Crippen molar-refractivity contribution >= 4 is 55.7 Å². The molecule has 1 atom stereocenters. The molecule has 1 saturated heterocycles. The van der Waals surface area contributed by atoms with E-state index in [0.29, 0.717) is 17.4 Å². The van der Waals surface area contributed by atoms with E-state index in [4.69, 9.17) is 16.3 Å². The number of amides is 1. The number of methoxy groups -OCH3 is 1. The van der Waals surface area contributed by atoms with E-state index >= 15 is 0 Å². The average Bonchev–Trinajstić information content (AvgIpc) is 3.37. The lowest BCUT2D eigenvalue weighted by molar-refractivity contribution is -0.132. The Balaban J connectivity index is 1.74. The molecule has 36 heavy (non-hydrogen) atoms. The van der Waals surface area contributed by atoms with Gasteiger partial charge in [-0.25, -0.2) is 13.8 Å². The third-order valence-electron chi connectivity index (χ3n) is 5.84. The number of aryl methyl sites for hydroxylation is 1. The van der Waals surface area contributed by atoms with Crippen LogP contribution in [0, 0.1) is 18.6 Å². The van der Waals surface area contributed by atoms with Crippen LogP contribution < -0.4 is 9.64 Å². The van der Waals surface area contributed by atoms with E-state index in [9.17, 15) is 23.5 Å². The highest BCUT2D eigenvalue weighted by atomic mass is 35.5. The number of thiazole rings is 1. The number of nitrogens with zero attached hydrogens (tertiary/aromatic N) is 2. The second kappa shape index (κ2) is 9.00. The molecule has 0 spiro atoms. The lowest BCUT2D eigenvalue weighted by atomic mass is 9.94. The molecule has 1 aromatic heterocycles. The number of aromatic nitrogens is 1. The summed E-state index contributed by atoms with van der Waals surface area (Å²) >= 11 is 7.09. The monoisotopic (exact) mass is 526 g/mol. The molecule has 1 unspecified atom stereocenters. The molecule has 2 heterocycles. The van der Waals surface area contributed by atoms with Crippen molar-refractivity contribution in [2.24, 2.45) is 0 Å². The minimum atomic E-state index is -1.07. The minimum absolute atomic E-state index is 0.00470. The van der Waals surface area contributed by atoms with Gasteiger partial charge in [0, 0.05) is 11.6 Å². The lowest BCUT2D eigenvalue weighted by Crippen LogP contribution is -2.29. The normalized spacial score (nSPS) is 17.2. The van der Waals surface area contributed by atoms with Gasteiger partial charge in [0.15, 0.2) is 10.9 Å². The Morgan fingerprint density at radius 2 is 1.92 bits per heavy atom. The number of carbonyl (C=O) groups is 2. The predicted octanol–water partition coefficient (Wildman–Crippen LogP) is 6.17. The van der Waals surface area contributed by atoms with Crippen LogP contribution in [0.2, 0.25) is 5.02 Å². The number of Topliss-reactive ketones (excluding diaryl/α,β-unsaturated/α-hetero) is 1. The van der Waals surface area contributed by atoms with Crippen LogP contribution >= 0.6 is 22.9 Å². The summed E-state index contributed by atoms with van der Waals surface area (Å²) in [6.07, 6.45) is 0. The quantitative estimate of drug-likeness (QED) is 0.195. The standard InChI is InChI=1S/C26H17ClF2N2O4S/c1-12-4-3-5-13(8-12)22-20(23(32)14-6-7-18(35-2)16(27)9-14)24(33)25(34)31(22)26-30-21-17(29)10-15(28)11-19(21)36-26/h3-11,22,32H,1-2H3/b23-20+. The number of anilines is 1. The molecule has 3 aromatic carbocycles. The summed E-state index contributed by atoms with van der Waals surface area (Å²) in [6.45, 7) is 1.84. The van der Waals surface area contributed by atoms with Crippen LogP contribution in [0.1, 0.15) is 22.7 Å². The number of hydrogen-bond donors (Lipinski definition) is 1. The maximum Gasteiger partial charge on any atom is 0.301 e. The number of aliphatic hydroxyl groups excluding tert-OH is 1. The Bertz CT molecular complexity index is 1600. The van der Waals surface area contributed by atoms with Gasteiger partial charge in [-0.2, -0.15) is 0 Å². The summed E-state index contributed by atoms with van der Waals surface area (Å²) in [6, 6.07) is 12.3. The number of ketones is 1. The summed E-state index contributed by atoms with van der Waals surface area (Å²) in [4.78, 5) is 31.9. The van der Waals surface area contributed by atoms with E-state index in [1.165, 1.54) is 25.3 Å². The summed E-state index contributed by atoms with van der Waals surface area (Å²) in [7, 11) is 1.44. The van der Waals surface area contributed by atoms with E-state index in [1.807, 2.05) is 13.0 Å². The fraction of sp³-hybridized carbons (Fsp3) is 0.115. The van der Waals surface area contributed by atoms with Gasteiger partial charge in [-0.15, -0.1) is 0 Å². The number of rotatable bonds is 4. The van der Waals surface area contributed by atoms with Crippen molar-refractivity contribution in [3.8, 4) is 5.75 Å². The number of fused-ring (bicyclic) bond motifs is 1. The second-order valence-corrected chi connectivity index (χ2v) is 9.58. The zero-order valence-electron chi connectivity index (χ0n) is 18.9. The molecule has 182 valence electrons. The SMILES string of the molecule is COc1ccc(/C(O)=C2\C(=O)C(=O)N(c3nc4c(F)cc(F)cc4s3)C2c2cccc(C)c2)cc1Cl. The second-order valence-electron chi connectivity index (χ2n) is 8.16. The first-order chi connectivity index (χ1) is 17.2. The van der Waals surface area contributed by atoms with E-state index in [0.717, 1.165) is 27.9 Å². The van der Waals surface area contributed by atoms with Gasteiger partial charge in [-0.3, -0.25) is 14.5 Å². The minimum Gasteiger partial charge on any atom is -0.507 e. The third kappa shape index (κ3) is 3.90. The Morgan fingerprint density at radius 1 is 1.14 bits per heavy atom. The summed E-state index contributed by atoms with van der Waals surface area (Å²) in [5, 5.41) is 11.4. The van der Waals surface area contributed by atoms with Gasteiger partial charge < -0.3 is 9.84 Å². The molecule has 0 bridgehead atoms. The predicted molar refractivity (Wildman–Crippen MR) is 134 cm³/mol. The number of halogens is 3. The third-order valence-corrected chi connectivity index (χ3v) is 7.13. The van der Waals surface area contributed by atoms with Crippen LogP contribution in [-0.4, -0.2) is 28.9 Å². The maximum absolute atomic E-state index is 14.4. The largest absolute Gasteiger partial charge is 0.507 e. The maximum atomic E-state index is 14.4. The Kier molecular flexibility index (Phi) is 5.97. The first-order valence-electron chi connectivity index (χ1n) is 10.7. The van der Waals surface area contributed by atoms with Crippen molar-refractivity contribution in [3.05, 3.63) is 93.5 Å². The van der Waals surface area contributed by atoms with Crippen molar-refractivity contribution in [2.45, 2.75) is 13.0 Å². The molecule has 5 rings (SSSR count). The number of benzene rings is 3. The summed E-state index contributed by atoms with van der Waals surface area (Å²) in [5.74, 6) is -3.65. The molecule has 1 aliphatic heterocycles. The average molecular weight is 527 g/mol. The Morgan fingerprint density at radius 3 is 2.61 bits per heavy atom. The molecule has 10 heteroatoms. The van der Waals surface area contributed by atoms with E-state index in [-0.39, 0.29) is 31.5 Å². The summed E-state index contributed by atoms with van der Waals surface area (Å²) < 4.78 is 33.5. The highest BCUT2D eigenvalue weighted by Crippen LogP contribution is 2.45. The number of ether oxygens (including phenoxy) is 1. The van der Waals surface area contributed by atoms with Crippen molar-refractivity contribution in [1.29, 1.82) is 0 Å². The highest BCUT2D eigenvalue weighted by molar-refractivity contribution is 7.22. The highest BCUT2D eigenvalue weighted by Gasteiger charge is 2.48. The lowest BCUT2D eigenvalue weighted by Gasteiger charge is -2.23. The molecule has 4 aromatic rings.